The van der Waals surface area contributed by atoms with Crippen LogP contribution in [-0.2, 0) is 18.3 Å². The molecule has 1 fully saturated rings. The zero-order valence-electron chi connectivity index (χ0n) is 23.7. The standard InChI is InChI=1S/C24H45N5O5Si2/c1-23(2,3)35(8,9)32-14-17-19(34-36(10,11)24(4,5)6)20(31-7)21(33-17)28-13-12-18(27-22(28)30)29-16-25-15-26-29/h12-13,15-21H,14H2,1-11H3,(H,27,30)/t17-,18?,19?,20+,21-/m1/s1. The third-order valence-electron chi connectivity index (χ3n) is 8.14. The van der Waals surface area contributed by atoms with Crippen LogP contribution in [0.3, 0.4) is 0 Å². The summed E-state index contributed by atoms with van der Waals surface area (Å²) in [4.78, 5) is 18.7. The van der Waals surface area contributed by atoms with Crippen molar-refractivity contribution in [2.24, 2.45) is 0 Å². The van der Waals surface area contributed by atoms with Gasteiger partial charge in [-0.05, 0) is 42.3 Å². The van der Waals surface area contributed by atoms with E-state index in [2.05, 4.69) is 83.1 Å². The molecule has 0 bridgehead atoms. The first-order valence-electron chi connectivity index (χ1n) is 12.6. The molecule has 1 aromatic heterocycles. The van der Waals surface area contributed by atoms with Crippen molar-refractivity contribution in [3.05, 3.63) is 24.9 Å². The Morgan fingerprint density at radius 3 is 2.19 bits per heavy atom. The summed E-state index contributed by atoms with van der Waals surface area (Å²) in [6, 6.07) is -0.304. The molecule has 1 N–H and O–H groups in total. The Morgan fingerprint density at radius 1 is 1.06 bits per heavy atom. The largest absolute Gasteiger partial charge is 0.414 e. The van der Waals surface area contributed by atoms with Crippen molar-refractivity contribution in [1.29, 1.82) is 0 Å². The predicted octanol–water partition coefficient (Wildman–Crippen LogP) is 4.47. The average molecular weight is 540 g/mol. The highest BCUT2D eigenvalue weighted by Gasteiger charge is 2.53. The van der Waals surface area contributed by atoms with Gasteiger partial charge in [0.1, 0.15) is 37.1 Å². The molecule has 2 aliphatic rings. The molecule has 36 heavy (non-hydrogen) atoms. The summed E-state index contributed by atoms with van der Waals surface area (Å²) in [5.41, 5.74) is 0. The Balaban J connectivity index is 1.88. The second kappa shape index (κ2) is 10.3. The number of carbonyl (C=O) groups excluding carboxylic acids is 1. The molecule has 10 nitrogen and oxygen atoms in total. The molecule has 0 aromatic carbocycles. The maximum Gasteiger partial charge on any atom is 0.325 e. The van der Waals surface area contributed by atoms with Gasteiger partial charge in [0.2, 0.25) is 0 Å². The number of rotatable bonds is 8. The molecule has 0 aliphatic carbocycles. The van der Waals surface area contributed by atoms with Gasteiger partial charge in [0.05, 0.1) is 6.61 Å². The molecule has 1 aromatic rings. The van der Waals surface area contributed by atoms with E-state index in [9.17, 15) is 4.79 Å². The van der Waals surface area contributed by atoms with Crippen molar-refractivity contribution in [2.75, 3.05) is 13.7 Å². The van der Waals surface area contributed by atoms with E-state index >= 15 is 0 Å². The van der Waals surface area contributed by atoms with Crippen LogP contribution in [0, 0.1) is 0 Å². The highest BCUT2D eigenvalue weighted by Crippen LogP contribution is 2.42. The van der Waals surface area contributed by atoms with E-state index < -0.39 is 35.1 Å². The maximum absolute atomic E-state index is 13.2. The molecule has 3 heterocycles. The fourth-order valence-corrected chi connectivity index (χ4v) is 6.02. The highest BCUT2D eigenvalue weighted by atomic mass is 28.4. The van der Waals surface area contributed by atoms with Crippen molar-refractivity contribution in [2.45, 2.75) is 109 Å². The first-order chi connectivity index (χ1) is 16.5. The monoisotopic (exact) mass is 539 g/mol. The van der Waals surface area contributed by atoms with Gasteiger partial charge in [0.25, 0.3) is 0 Å². The average Bonchev–Trinajstić information content (AvgIpc) is 3.39. The molecule has 0 radical (unpaired) electrons. The quantitative estimate of drug-likeness (QED) is 0.487. The number of nitrogens with zero attached hydrogens (tertiary/aromatic N) is 4. The van der Waals surface area contributed by atoms with Gasteiger partial charge in [0, 0.05) is 13.3 Å². The minimum Gasteiger partial charge on any atom is -0.414 e. The van der Waals surface area contributed by atoms with Gasteiger partial charge in [-0.25, -0.2) is 14.5 Å². The molecular formula is C24H45N5O5Si2. The van der Waals surface area contributed by atoms with Crippen LogP contribution in [-0.4, -0.2) is 80.6 Å². The van der Waals surface area contributed by atoms with Crippen LogP contribution < -0.4 is 5.32 Å². The van der Waals surface area contributed by atoms with Gasteiger partial charge in [-0.2, -0.15) is 5.10 Å². The fraction of sp³-hybridized carbons (Fsp3) is 0.792. The maximum atomic E-state index is 13.2. The van der Waals surface area contributed by atoms with Gasteiger partial charge >= 0.3 is 6.03 Å². The van der Waals surface area contributed by atoms with Crippen molar-refractivity contribution in [3.63, 3.8) is 0 Å². The second-order valence-corrected chi connectivity index (χ2v) is 22.3. The second-order valence-electron chi connectivity index (χ2n) is 12.7. The lowest BCUT2D eigenvalue weighted by Crippen LogP contribution is -2.54. The number of amides is 2. The highest BCUT2D eigenvalue weighted by molar-refractivity contribution is 6.74. The van der Waals surface area contributed by atoms with Crippen molar-refractivity contribution in [3.8, 4) is 0 Å². The van der Waals surface area contributed by atoms with E-state index in [1.54, 1.807) is 24.3 Å². The normalized spacial score (nSPS) is 28.0. The molecule has 0 spiro atoms. The van der Waals surface area contributed by atoms with E-state index in [1.165, 1.54) is 11.2 Å². The number of ether oxygens (including phenoxy) is 2. The summed E-state index contributed by atoms with van der Waals surface area (Å²) >= 11 is 0. The van der Waals surface area contributed by atoms with Crippen LogP contribution >= 0.6 is 0 Å². The molecule has 1 saturated heterocycles. The van der Waals surface area contributed by atoms with Crippen LogP contribution in [0.4, 0.5) is 4.79 Å². The number of urea groups is 1. The van der Waals surface area contributed by atoms with E-state index in [-0.39, 0.29) is 28.3 Å². The SMILES string of the molecule is CO[C@H]1C(O[Si](C)(C)C(C)(C)C)[C@@H](CO[Si](C)(C)C(C)(C)C)O[C@H]1N1C=CC(n2cncn2)NC1=O. The van der Waals surface area contributed by atoms with Gasteiger partial charge < -0.3 is 23.6 Å². The fourth-order valence-electron chi connectivity index (χ4n) is 3.69. The Bertz CT molecular complexity index is 926. The topological polar surface area (TPSA) is 100.0 Å². The van der Waals surface area contributed by atoms with Gasteiger partial charge in [-0.3, -0.25) is 4.90 Å². The van der Waals surface area contributed by atoms with Crippen LogP contribution in [0.25, 0.3) is 0 Å². The minimum atomic E-state index is -2.18. The summed E-state index contributed by atoms with van der Waals surface area (Å²) in [7, 11) is -2.57. The first-order valence-corrected chi connectivity index (χ1v) is 18.4. The van der Waals surface area contributed by atoms with Gasteiger partial charge in [-0.15, -0.1) is 0 Å². The number of hydrogen-bond acceptors (Lipinski definition) is 7. The Hall–Kier alpha value is -1.58. The third-order valence-corrected chi connectivity index (χ3v) is 17.1. The lowest BCUT2D eigenvalue weighted by atomic mass is 10.1. The Kier molecular flexibility index (Phi) is 8.29. The summed E-state index contributed by atoms with van der Waals surface area (Å²) in [5.74, 6) is 0. The first kappa shape index (κ1) is 29.0. The van der Waals surface area contributed by atoms with Crippen molar-refractivity contribution in [1.82, 2.24) is 25.0 Å². The molecule has 12 heteroatoms. The van der Waals surface area contributed by atoms with E-state index in [4.69, 9.17) is 18.3 Å². The molecular weight excluding hydrogens is 494 g/mol. The number of hydrogen-bond donors (Lipinski definition) is 1. The van der Waals surface area contributed by atoms with Gasteiger partial charge in [-0.1, -0.05) is 41.5 Å². The van der Waals surface area contributed by atoms with E-state index in [0.717, 1.165) is 0 Å². The molecule has 2 unspecified atom stereocenters. The van der Waals surface area contributed by atoms with E-state index in [0.29, 0.717) is 6.61 Å². The zero-order chi connectivity index (χ0) is 27.1. The molecule has 0 saturated carbocycles. The van der Waals surface area contributed by atoms with E-state index in [1.807, 2.05) is 6.08 Å². The predicted molar refractivity (Wildman–Crippen MR) is 143 cm³/mol. The zero-order valence-corrected chi connectivity index (χ0v) is 25.7. The van der Waals surface area contributed by atoms with Crippen molar-refractivity contribution < 1.29 is 23.1 Å². The number of carbonyl (C=O) groups is 1. The Labute approximate surface area is 218 Å². The molecule has 2 amide bonds. The number of aromatic nitrogens is 3. The molecule has 204 valence electrons. The third kappa shape index (κ3) is 5.94. The van der Waals surface area contributed by atoms with Crippen LogP contribution in [0.15, 0.2) is 24.9 Å². The van der Waals surface area contributed by atoms with Crippen LogP contribution in [0.2, 0.25) is 36.3 Å². The summed E-state index contributed by atoms with van der Waals surface area (Å²) in [6.07, 6.45) is 4.25. The molecule has 3 rings (SSSR count). The van der Waals surface area contributed by atoms with Crippen LogP contribution in [0.1, 0.15) is 47.7 Å². The molecule has 2 aliphatic heterocycles. The lowest BCUT2D eigenvalue weighted by Gasteiger charge is -2.41. The summed E-state index contributed by atoms with van der Waals surface area (Å²) < 4.78 is 27.5. The van der Waals surface area contributed by atoms with Gasteiger partial charge in [0.15, 0.2) is 22.9 Å². The summed E-state index contributed by atoms with van der Waals surface area (Å²) in [6.45, 7) is 22.5. The number of methoxy groups -OCH3 is 1. The number of nitrogens with one attached hydrogen (secondary N) is 1. The molecule has 5 atom stereocenters. The Morgan fingerprint density at radius 2 is 1.69 bits per heavy atom. The smallest absolute Gasteiger partial charge is 0.325 e. The van der Waals surface area contributed by atoms with Crippen LogP contribution in [0.5, 0.6) is 0 Å². The minimum absolute atomic E-state index is 0.00163. The summed E-state index contributed by atoms with van der Waals surface area (Å²) in [5, 5.41) is 7.12. The lowest BCUT2D eigenvalue weighted by molar-refractivity contribution is -0.0730. The van der Waals surface area contributed by atoms with Crippen molar-refractivity contribution >= 4 is 22.7 Å².